The molecule has 0 amide bonds. The van der Waals surface area contributed by atoms with E-state index < -0.39 is 0 Å². The molecule has 1 rings (SSSR count). The van der Waals surface area contributed by atoms with Gasteiger partial charge in [0.2, 0.25) is 0 Å². The first-order valence-corrected chi connectivity index (χ1v) is 3.33. The van der Waals surface area contributed by atoms with E-state index in [1.165, 1.54) is 0 Å². The zero-order chi connectivity index (χ0) is 8.10. The Bertz CT molecular complexity index is 278. The number of hydrogen-bond donors (Lipinski definition) is 1. The van der Waals surface area contributed by atoms with Crippen molar-refractivity contribution in [2.24, 2.45) is 0 Å². The van der Waals surface area contributed by atoms with Crippen LogP contribution in [0, 0.1) is 11.3 Å². The molecule has 11 heavy (non-hydrogen) atoms. The van der Waals surface area contributed by atoms with Crippen LogP contribution in [0.1, 0.15) is 11.3 Å². The molecular formula is C8H8N2O. The van der Waals surface area contributed by atoms with Gasteiger partial charge in [0.25, 0.3) is 0 Å². The van der Waals surface area contributed by atoms with E-state index in [1.807, 2.05) is 6.07 Å². The third kappa shape index (κ3) is 1.76. The van der Waals surface area contributed by atoms with Gasteiger partial charge in [-0.2, -0.15) is 5.26 Å². The van der Waals surface area contributed by atoms with Crippen molar-refractivity contribution in [1.29, 1.82) is 5.26 Å². The van der Waals surface area contributed by atoms with E-state index in [1.54, 1.807) is 18.3 Å². The number of hydrogen-bond acceptors (Lipinski definition) is 3. The Kier molecular flexibility index (Phi) is 2.59. The Morgan fingerprint density at radius 3 is 3.09 bits per heavy atom. The summed E-state index contributed by atoms with van der Waals surface area (Å²) in [5.41, 5.74) is 1.21. The fourth-order valence-electron chi connectivity index (χ4n) is 0.861. The third-order valence-electron chi connectivity index (χ3n) is 1.38. The van der Waals surface area contributed by atoms with Crippen LogP contribution in [-0.2, 0) is 6.42 Å². The minimum atomic E-state index is 0.0559. The van der Waals surface area contributed by atoms with Crippen LogP contribution in [0.3, 0.4) is 0 Å². The molecule has 0 fully saturated rings. The van der Waals surface area contributed by atoms with Crippen LogP contribution in [-0.4, -0.2) is 16.7 Å². The smallest absolute Gasteiger partial charge is 0.143 e. The van der Waals surface area contributed by atoms with Gasteiger partial charge >= 0.3 is 0 Å². The van der Waals surface area contributed by atoms with Gasteiger partial charge in [-0.05, 0) is 18.1 Å². The summed E-state index contributed by atoms with van der Waals surface area (Å²) < 4.78 is 0. The molecule has 1 aromatic heterocycles. The van der Waals surface area contributed by atoms with Gasteiger partial charge in [0.15, 0.2) is 0 Å². The molecule has 1 heterocycles. The van der Waals surface area contributed by atoms with Crippen LogP contribution < -0.4 is 0 Å². The van der Waals surface area contributed by atoms with Crippen molar-refractivity contribution < 1.29 is 5.11 Å². The first-order chi connectivity index (χ1) is 5.38. The first kappa shape index (κ1) is 7.70. The van der Waals surface area contributed by atoms with E-state index in [2.05, 4.69) is 4.98 Å². The summed E-state index contributed by atoms with van der Waals surface area (Å²) in [6.07, 6.45) is 2.07. The van der Waals surface area contributed by atoms with Gasteiger partial charge in [0.1, 0.15) is 11.8 Å². The lowest BCUT2D eigenvalue weighted by molar-refractivity contribution is 0.299. The summed E-state index contributed by atoms with van der Waals surface area (Å²) in [7, 11) is 0. The van der Waals surface area contributed by atoms with E-state index in [0.717, 1.165) is 5.56 Å². The molecule has 0 aliphatic heterocycles. The minimum absolute atomic E-state index is 0.0559. The highest BCUT2D eigenvalue weighted by Crippen LogP contribution is 2.03. The molecule has 0 spiro atoms. The van der Waals surface area contributed by atoms with E-state index in [-0.39, 0.29) is 6.61 Å². The van der Waals surface area contributed by atoms with Gasteiger partial charge in [-0.3, -0.25) is 0 Å². The molecule has 0 saturated heterocycles. The third-order valence-corrected chi connectivity index (χ3v) is 1.38. The topological polar surface area (TPSA) is 56.9 Å². The molecule has 1 aromatic rings. The van der Waals surface area contributed by atoms with Crippen LogP contribution >= 0.6 is 0 Å². The molecule has 0 radical (unpaired) electrons. The fourth-order valence-corrected chi connectivity index (χ4v) is 0.861. The summed E-state index contributed by atoms with van der Waals surface area (Å²) in [5.74, 6) is 0. The minimum Gasteiger partial charge on any atom is -0.396 e. The maximum atomic E-state index is 8.60. The van der Waals surface area contributed by atoms with Gasteiger partial charge in [-0.1, -0.05) is 6.07 Å². The van der Waals surface area contributed by atoms with Crippen molar-refractivity contribution in [1.82, 2.24) is 4.98 Å². The summed E-state index contributed by atoms with van der Waals surface area (Å²) in [5, 5.41) is 17.2. The lowest BCUT2D eigenvalue weighted by atomic mass is 10.1. The molecule has 0 unspecified atom stereocenters. The molecule has 0 atom stereocenters. The van der Waals surface area contributed by atoms with Gasteiger partial charge in [0, 0.05) is 12.8 Å². The average molecular weight is 148 g/mol. The second kappa shape index (κ2) is 3.69. The van der Waals surface area contributed by atoms with Crippen LogP contribution in [0.15, 0.2) is 18.3 Å². The van der Waals surface area contributed by atoms with Crippen molar-refractivity contribution in [2.45, 2.75) is 6.42 Å². The molecule has 0 aromatic carbocycles. The fraction of sp³-hybridized carbons (Fsp3) is 0.250. The highest BCUT2D eigenvalue weighted by molar-refractivity contribution is 5.30. The van der Waals surface area contributed by atoms with Crippen LogP contribution in [0.25, 0.3) is 0 Å². The van der Waals surface area contributed by atoms with Crippen molar-refractivity contribution >= 4 is 0 Å². The Labute approximate surface area is 64.9 Å². The summed E-state index contributed by atoms with van der Waals surface area (Å²) in [4.78, 5) is 3.84. The Morgan fingerprint density at radius 2 is 2.45 bits per heavy atom. The van der Waals surface area contributed by atoms with E-state index >= 15 is 0 Å². The zero-order valence-corrected chi connectivity index (χ0v) is 5.99. The van der Waals surface area contributed by atoms with Crippen molar-refractivity contribution in [2.75, 3.05) is 6.61 Å². The standard InChI is InChI=1S/C8H8N2O/c9-6-8-7(3-5-11)2-1-4-10-8/h1-2,4,11H,3,5H2. The van der Waals surface area contributed by atoms with Crippen molar-refractivity contribution in [3.63, 3.8) is 0 Å². The summed E-state index contributed by atoms with van der Waals surface area (Å²) >= 11 is 0. The molecule has 0 bridgehead atoms. The predicted molar refractivity (Wildman–Crippen MR) is 39.7 cm³/mol. The second-order valence-electron chi connectivity index (χ2n) is 2.10. The molecule has 0 aliphatic carbocycles. The number of nitrogens with zero attached hydrogens (tertiary/aromatic N) is 2. The Morgan fingerprint density at radius 1 is 1.64 bits per heavy atom. The van der Waals surface area contributed by atoms with Crippen LogP contribution in [0.4, 0.5) is 0 Å². The number of aliphatic hydroxyl groups excluding tert-OH is 1. The number of nitriles is 1. The molecule has 3 nitrogen and oxygen atoms in total. The van der Waals surface area contributed by atoms with E-state index in [0.29, 0.717) is 12.1 Å². The second-order valence-corrected chi connectivity index (χ2v) is 2.10. The summed E-state index contributed by atoms with van der Waals surface area (Å²) in [6, 6.07) is 5.51. The monoisotopic (exact) mass is 148 g/mol. The molecule has 3 heteroatoms. The molecular weight excluding hydrogens is 140 g/mol. The average Bonchev–Trinajstić information content (AvgIpc) is 2.06. The van der Waals surface area contributed by atoms with Gasteiger partial charge < -0.3 is 5.11 Å². The Balaban J connectivity index is 2.95. The first-order valence-electron chi connectivity index (χ1n) is 3.33. The Hall–Kier alpha value is -1.40. The highest BCUT2D eigenvalue weighted by atomic mass is 16.2. The molecule has 0 aliphatic rings. The molecule has 1 N–H and O–H groups in total. The lowest BCUT2D eigenvalue weighted by Crippen LogP contribution is -1.95. The normalized spacial score (nSPS) is 9.09. The number of pyridine rings is 1. The van der Waals surface area contributed by atoms with Gasteiger partial charge in [0.05, 0.1) is 0 Å². The highest BCUT2D eigenvalue weighted by Gasteiger charge is 1.99. The van der Waals surface area contributed by atoms with Crippen LogP contribution in [0.5, 0.6) is 0 Å². The van der Waals surface area contributed by atoms with E-state index in [4.69, 9.17) is 10.4 Å². The quantitative estimate of drug-likeness (QED) is 0.664. The van der Waals surface area contributed by atoms with E-state index in [9.17, 15) is 0 Å². The van der Waals surface area contributed by atoms with Crippen LogP contribution in [0.2, 0.25) is 0 Å². The maximum Gasteiger partial charge on any atom is 0.143 e. The van der Waals surface area contributed by atoms with Gasteiger partial charge in [-0.25, -0.2) is 4.98 Å². The van der Waals surface area contributed by atoms with Crippen molar-refractivity contribution in [3.05, 3.63) is 29.6 Å². The maximum absolute atomic E-state index is 8.60. The number of rotatable bonds is 2. The lowest BCUT2D eigenvalue weighted by Gasteiger charge is -1.97. The predicted octanol–water partition coefficient (Wildman–Crippen LogP) is 0.488. The SMILES string of the molecule is N#Cc1ncccc1CCO. The zero-order valence-electron chi connectivity index (χ0n) is 5.99. The molecule has 56 valence electrons. The summed E-state index contributed by atoms with van der Waals surface area (Å²) in [6.45, 7) is 0.0559. The van der Waals surface area contributed by atoms with Crippen molar-refractivity contribution in [3.8, 4) is 6.07 Å². The largest absolute Gasteiger partial charge is 0.396 e. The number of aliphatic hydroxyl groups is 1. The number of aromatic nitrogens is 1. The molecule has 0 saturated carbocycles. The van der Waals surface area contributed by atoms with Gasteiger partial charge in [-0.15, -0.1) is 0 Å².